The molecule has 28 heavy (non-hydrogen) atoms. The lowest BCUT2D eigenvalue weighted by Crippen LogP contribution is -2.29. The van der Waals surface area contributed by atoms with Crippen LogP contribution in [0, 0.1) is 11.6 Å². The highest BCUT2D eigenvalue weighted by Crippen LogP contribution is 2.24. The Hall–Kier alpha value is -3.06. The molecule has 0 fully saturated rings. The lowest BCUT2D eigenvalue weighted by atomic mass is 10.2. The van der Waals surface area contributed by atoms with Gasteiger partial charge in [0.1, 0.15) is 17.4 Å². The molecule has 0 atom stereocenters. The molecule has 1 heterocycles. The normalized spacial score (nSPS) is 11.0. The van der Waals surface area contributed by atoms with Crippen LogP contribution < -0.4 is 4.74 Å². The maximum Gasteiger partial charge on any atom is 0.246 e. The van der Waals surface area contributed by atoms with Crippen LogP contribution in [0.3, 0.4) is 0 Å². The highest BCUT2D eigenvalue weighted by atomic mass is 32.1. The van der Waals surface area contributed by atoms with Gasteiger partial charge >= 0.3 is 0 Å². The van der Waals surface area contributed by atoms with Gasteiger partial charge in [0.15, 0.2) is 11.6 Å². The highest BCUT2D eigenvalue weighted by molar-refractivity contribution is 7.13. The second kappa shape index (κ2) is 9.23. The van der Waals surface area contributed by atoms with E-state index in [9.17, 15) is 13.6 Å². The number of hydrogen-bond donors (Lipinski definition) is 0. The zero-order valence-corrected chi connectivity index (χ0v) is 16.0. The van der Waals surface area contributed by atoms with Gasteiger partial charge < -0.3 is 9.64 Å². The fourth-order valence-corrected chi connectivity index (χ4v) is 3.13. The second-order valence-electron chi connectivity index (χ2n) is 5.96. The molecule has 4 nitrogen and oxygen atoms in total. The van der Waals surface area contributed by atoms with Crippen LogP contribution in [-0.2, 0) is 4.79 Å². The number of para-hydroxylation sites is 1. The van der Waals surface area contributed by atoms with Gasteiger partial charge in [-0.15, -0.1) is 11.3 Å². The molecule has 0 aliphatic rings. The molecule has 3 rings (SSSR count). The van der Waals surface area contributed by atoms with E-state index < -0.39 is 5.82 Å². The molecule has 0 saturated heterocycles. The first kappa shape index (κ1) is 19.7. The average molecular weight is 400 g/mol. The molecule has 0 unspecified atom stereocenters. The van der Waals surface area contributed by atoms with Crippen LogP contribution in [-0.4, -0.2) is 36.0 Å². The van der Waals surface area contributed by atoms with Crippen molar-refractivity contribution in [1.29, 1.82) is 0 Å². The van der Waals surface area contributed by atoms with Crippen LogP contribution in [0.15, 0.2) is 60.0 Å². The van der Waals surface area contributed by atoms with E-state index in [1.54, 1.807) is 37.4 Å². The summed E-state index contributed by atoms with van der Waals surface area (Å²) in [4.78, 5) is 18.1. The second-order valence-corrected chi connectivity index (χ2v) is 6.81. The van der Waals surface area contributed by atoms with Crippen molar-refractivity contribution in [1.82, 2.24) is 9.88 Å². The lowest BCUT2D eigenvalue weighted by molar-refractivity contribution is -0.125. The smallest absolute Gasteiger partial charge is 0.246 e. The minimum Gasteiger partial charge on any atom is -0.489 e. The Kier molecular flexibility index (Phi) is 6.49. The molecule has 1 amide bonds. The number of ether oxygens (including phenoxy) is 1. The number of carbonyl (C=O) groups excluding carboxylic acids is 1. The van der Waals surface area contributed by atoms with Gasteiger partial charge in [0.25, 0.3) is 0 Å². The van der Waals surface area contributed by atoms with Crippen LogP contribution in [0.25, 0.3) is 16.6 Å². The van der Waals surface area contributed by atoms with Crippen LogP contribution in [0.4, 0.5) is 8.78 Å². The molecule has 0 bridgehead atoms. The molecular weight excluding hydrogens is 382 g/mol. The van der Waals surface area contributed by atoms with Crippen molar-refractivity contribution in [2.24, 2.45) is 0 Å². The quantitative estimate of drug-likeness (QED) is 0.543. The first-order valence-electron chi connectivity index (χ1n) is 8.55. The summed E-state index contributed by atoms with van der Waals surface area (Å²) in [5.41, 5.74) is 1.47. The molecule has 0 N–H and O–H groups in total. The zero-order valence-electron chi connectivity index (χ0n) is 15.1. The zero-order chi connectivity index (χ0) is 19.9. The maximum absolute atomic E-state index is 13.5. The number of carbonyl (C=O) groups is 1. The van der Waals surface area contributed by atoms with Crippen LogP contribution in [0.1, 0.15) is 5.69 Å². The van der Waals surface area contributed by atoms with Crippen molar-refractivity contribution >= 4 is 23.3 Å². The van der Waals surface area contributed by atoms with E-state index >= 15 is 0 Å². The van der Waals surface area contributed by atoms with Crippen molar-refractivity contribution in [3.63, 3.8) is 0 Å². The van der Waals surface area contributed by atoms with E-state index in [1.807, 2.05) is 5.38 Å². The van der Waals surface area contributed by atoms with E-state index in [0.29, 0.717) is 12.2 Å². The number of nitrogens with zero attached hydrogens (tertiary/aromatic N) is 2. The number of rotatable bonds is 7. The molecule has 0 aliphatic carbocycles. The molecule has 144 valence electrons. The van der Waals surface area contributed by atoms with E-state index in [1.165, 1.54) is 46.6 Å². The van der Waals surface area contributed by atoms with Crippen molar-refractivity contribution in [2.75, 3.05) is 20.2 Å². The summed E-state index contributed by atoms with van der Waals surface area (Å²) in [6.07, 6.45) is 3.05. The maximum atomic E-state index is 13.5. The van der Waals surface area contributed by atoms with E-state index in [2.05, 4.69) is 4.98 Å². The Bertz CT molecular complexity index is 971. The van der Waals surface area contributed by atoms with Crippen molar-refractivity contribution < 1.29 is 18.3 Å². The third-order valence-corrected chi connectivity index (χ3v) is 4.82. The summed E-state index contributed by atoms with van der Waals surface area (Å²) in [7, 11) is 1.64. The summed E-state index contributed by atoms with van der Waals surface area (Å²) in [5.74, 6) is -0.784. The standard InChI is InChI=1S/C21H18F2N2O2S/c1-25(12-13-27-19-5-3-2-4-18(19)23)20(26)11-10-17-14-28-21(24-17)15-6-8-16(22)9-7-15/h2-11,14H,12-13H2,1H3/b11-10+. The molecule has 1 aromatic heterocycles. The first-order chi connectivity index (χ1) is 13.5. The van der Waals surface area contributed by atoms with Crippen molar-refractivity contribution in [3.05, 3.63) is 77.3 Å². The Balaban J connectivity index is 1.51. The summed E-state index contributed by atoms with van der Waals surface area (Å²) >= 11 is 1.42. The predicted octanol–water partition coefficient (Wildman–Crippen LogP) is 4.64. The number of amides is 1. The van der Waals surface area contributed by atoms with E-state index in [-0.39, 0.29) is 24.1 Å². The Morgan fingerprint density at radius 2 is 1.93 bits per heavy atom. The fourth-order valence-electron chi connectivity index (χ4n) is 2.34. The summed E-state index contributed by atoms with van der Waals surface area (Å²) in [6.45, 7) is 0.498. The number of halogens is 2. The molecule has 0 radical (unpaired) electrons. The summed E-state index contributed by atoms with van der Waals surface area (Å²) in [6, 6.07) is 12.2. The Morgan fingerprint density at radius 3 is 2.68 bits per heavy atom. The molecule has 0 aliphatic heterocycles. The van der Waals surface area contributed by atoms with Crippen LogP contribution in [0.2, 0.25) is 0 Å². The minimum atomic E-state index is -0.433. The largest absolute Gasteiger partial charge is 0.489 e. The molecular formula is C21H18F2N2O2S. The number of thiazole rings is 1. The van der Waals surface area contributed by atoms with E-state index in [0.717, 1.165) is 10.6 Å². The van der Waals surface area contributed by atoms with Gasteiger partial charge in [-0.2, -0.15) is 0 Å². The van der Waals surface area contributed by atoms with Gasteiger partial charge in [-0.25, -0.2) is 13.8 Å². The average Bonchev–Trinajstić information content (AvgIpc) is 3.17. The molecule has 0 saturated carbocycles. The van der Waals surface area contributed by atoms with Crippen LogP contribution >= 0.6 is 11.3 Å². The molecule has 0 spiro atoms. The molecule has 7 heteroatoms. The third kappa shape index (κ3) is 5.23. The van der Waals surface area contributed by atoms with Crippen molar-refractivity contribution in [3.8, 4) is 16.3 Å². The van der Waals surface area contributed by atoms with Gasteiger partial charge in [0.05, 0.1) is 12.2 Å². The first-order valence-corrected chi connectivity index (χ1v) is 9.43. The minimum absolute atomic E-state index is 0.162. The van der Waals surface area contributed by atoms with Gasteiger partial charge in [-0.05, 0) is 42.5 Å². The van der Waals surface area contributed by atoms with Gasteiger partial charge in [-0.1, -0.05) is 12.1 Å². The lowest BCUT2D eigenvalue weighted by Gasteiger charge is -2.15. The monoisotopic (exact) mass is 400 g/mol. The topological polar surface area (TPSA) is 42.4 Å². The van der Waals surface area contributed by atoms with Crippen molar-refractivity contribution in [2.45, 2.75) is 0 Å². The van der Waals surface area contributed by atoms with Gasteiger partial charge in [-0.3, -0.25) is 4.79 Å². The number of aromatic nitrogens is 1. The van der Waals surface area contributed by atoms with Crippen LogP contribution in [0.5, 0.6) is 5.75 Å². The third-order valence-electron chi connectivity index (χ3n) is 3.91. The summed E-state index contributed by atoms with van der Waals surface area (Å²) < 4.78 is 31.8. The number of likely N-dealkylation sites (N-methyl/N-ethyl adjacent to an activating group) is 1. The highest BCUT2D eigenvalue weighted by Gasteiger charge is 2.08. The number of benzene rings is 2. The predicted molar refractivity (Wildman–Crippen MR) is 106 cm³/mol. The van der Waals surface area contributed by atoms with Gasteiger partial charge in [0, 0.05) is 24.1 Å². The molecule has 2 aromatic carbocycles. The Morgan fingerprint density at radius 1 is 1.18 bits per heavy atom. The SMILES string of the molecule is CN(CCOc1ccccc1F)C(=O)/C=C/c1csc(-c2ccc(F)cc2)n1. The fraction of sp³-hybridized carbons (Fsp3) is 0.143. The van der Waals surface area contributed by atoms with E-state index in [4.69, 9.17) is 4.74 Å². The summed E-state index contributed by atoms with van der Waals surface area (Å²) in [5, 5.41) is 2.57. The Labute approximate surface area is 165 Å². The van der Waals surface area contributed by atoms with Gasteiger partial charge in [0.2, 0.25) is 5.91 Å². The number of hydrogen-bond acceptors (Lipinski definition) is 4. The molecule has 3 aromatic rings.